The molecule has 2 rings (SSSR count). The van der Waals surface area contributed by atoms with Crippen molar-refractivity contribution in [2.45, 2.75) is 12.5 Å². The Bertz CT molecular complexity index is 808. The zero-order valence-corrected chi connectivity index (χ0v) is 16.0. The van der Waals surface area contributed by atoms with E-state index in [9.17, 15) is 13.2 Å². The monoisotopic (exact) mass is 430 g/mol. The third-order valence-electron chi connectivity index (χ3n) is 3.15. The van der Waals surface area contributed by atoms with Crippen LogP contribution in [0.2, 0.25) is 5.02 Å². The highest BCUT2D eigenvalue weighted by Gasteiger charge is 2.20. The lowest BCUT2D eigenvalue weighted by Gasteiger charge is -2.18. The highest BCUT2D eigenvalue weighted by atomic mass is 79.9. The van der Waals surface area contributed by atoms with Crippen LogP contribution in [0.4, 0.5) is 5.69 Å². The number of benzene rings is 2. The van der Waals surface area contributed by atoms with E-state index in [1.54, 1.807) is 48.5 Å². The first kappa shape index (κ1) is 18.9. The minimum atomic E-state index is -3.47. The molecule has 0 aromatic heterocycles. The van der Waals surface area contributed by atoms with E-state index in [0.717, 1.165) is 10.7 Å². The number of amides is 1. The second kappa shape index (κ2) is 8.11. The summed E-state index contributed by atoms with van der Waals surface area (Å²) in [5.41, 5.74) is 1.30. The lowest BCUT2D eigenvalue weighted by atomic mass is 10.0. The molecule has 24 heavy (non-hydrogen) atoms. The van der Waals surface area contributed by atoms with Gasteiger partial charge in [0.2, 0.25) is 15.9 Å². The van der Waals surface area contributed by atoms with Crippen molar-refractivity contribution >= 4 is 49.1 Å². The van der Waals surface area contributed by atoms with E-state index < -0.39 is 16.1 Å². The van der Waals surface area contributed by atoms with Crippen LogP contribution in [0.1, 0.15) is 18.0 Å². The molecule has 0 bridgehead atoms. The van der Waals surface area contributed by atoms with Crippen molar-refractivity contribution in [2.24, 2.45) is 0 Å². The minimum Gasteiger partial charge on any atom is -0.326 e. The maximum Gasteiger partial charge on any atom is 0.226 e. The molecular weight excluding hydrogens is 416 g/mol. The molecule has 0 radical (unpaired) electrons. The van der Waals surface area contributed by atoms with E-state index in [-0.39, 0.29) is 12.3 Å². The van der Waals surface area contributed by atoms with Crippen molar-refractivity contribution in [3.05, 3.63) is 63.6 Å². The molecule has 0 unspecified atom stereocenters. The standard InChI is InChI=1S/C16H16BrClN2O3S/c1-24(22,23)20-15(11-2-6-13(18)7-3-11)10-16(21)19-14-8-4-12(17)5-9-14/h2-9,15,20H,10H2,1H3,(H,19,21)/t15-/m1/s1. The molecule has 0 saturated carbocycles. The van der Waals surface area contributed by atoms with Gasteiger partial charge in [-0.15, -0.1) is 0 Å². The normalized spacial score (nSPS) is 12.6. The SMILES string of the molecule is CS(=O)(=O)N[C@H](CC(=O)Nc1ccc(Br)cc1)c1ccc(Cl)cc1. The van der Waals surface area contributed by atoms with Gasteiger partial charge in [0.15, 0.2) is 0 Å². The summed E-state index contributed by atoms with van der Waals surface area (Å²) < 4.78 is 26.5. The van der Waals surface area contributed by atoms with Crippen LogP contribution in [0.25, 0.3) is 0 Å². The van der Waals surface area contributed by atoms with Crippen molar-refractivity contribution in [3.63, 3.8) is 0 Å². The van der Waals surface area contributed by atoms with Crippen LogP contribution in [-0.2, 0) is 14.8 Å². The summed E-state index contributed by atoms with van der Waals surface area (Å²) in [6.07, 6.45) is 1.02. The Morgan fingerprint density at radius 1 is 1.12 bits per heavy atom. The van der Waals surface area contributed by atoms with Gasteiger partial charge in [-0.3, -0.25) is 4.79 Å². The van der Waals surface area contributed by atoms with Gasteiger partial charge in [0, 0.05) is 21.6 Å². The number of anilines is 1. The van der Waals surface area contributed by atoms with E-state index >= 15 is 0 Å². The van der Waals surface area contributed by atoms with Gasteiger partial charge in [0.05, 0.1) is 12.3 Å². The molecule has 0 aliphatic carbocycles. The average molecular weight is 432 g/mol. The zero-order chi connectivity index (χ0) is 17.7. The molecule has 5 nitrogen and oxygen atoms in total. The number of hydrogen-bond acceptors (Lipinski definition) is 3. The van der Waals surface area contributed by atoms with Crippen LogP contribution in [-0.4, -0.2) is 20.6 Å². The first-order valence-electron chi connectivity index (χ1n) is 7.01. The van der Waals surface area contributed by atoms with Gasteiger partial charge < -0.3 is 5.32 Å². The van der Waals surface area contributed by atoms with Crippen molar-refractivity contribution in [3.8, 4) is 0 Å². The molecule has 2 N–H and O–H groups in total. The largest absolute Gasteiger partial charge is 0.326 e. The lowest BCUT2D eigenvalue weighted by Crippen LogP contribution is -2.30. The third-order valence-corrected chi connectivity index (χ3v) is 4.64. The van der Waals surface area contributed by atoms with Crippen molar-refractivity contribution in [1.29, 1.82) is 0 Å². The van der Waals surface area contributed by atoms with Gasteiger partial charge in [0.25, 0.3) is 0 Å². The number of carbonyl (C=O) groups is 1. The van der Waals surface area contributed by atoms with Gasteiger partial charge >= 0.3 is 0 Å². The molecule has 2 aromatic carbocycles. The summed E-state index contributed by atoms with van der Waals surface area (Å²) in [5.74, 6) is -0.298. The maximum atomic E-state index is 12.3. The number of carbonyl (C=O) groups excluding carboxylic acids is 1. The fraction of sp³-hybridized carbons (Fsp3) is 0.188. The highest BCUT2D eigenvalue weighted by molar-refractivity contribution is 9.10. The second-order valence-electron chi connectivity index (χ2n) is 5.25. The Kier molecular flexibility index (Phi) is 6.40. The van der Waals surface area contributed by atoms with Crippen LogP contribution in [0.15, 0.2) is 53.0 Å². The Balaban J connectivity index is 2.13. The summed E-state index contributed by atoms with van der Waals surface area (Å²) in [6.45, 7) is 0. The van der Waals surface area contributed by atoms with E-state index in [1.165, 1.54) is 0 Å². The van der Waals surface area contributed by atoms with Crippen LogP contribution in [0.3, 0.4) is 0 Å². The number of hydrogen-bond donors (Lipinski definition) is 2. The van der Waals surface area contributed by atoms with Crippen LogP contribution >= 0.6 is 27.5 Å². The van der Waals surface area contributed by atoms with E-state index in [0.29, 0.717) is 16.3 Å². The Morgan fingerprint density at radius 3 is 2.25 bits per heavy atom. The lowest BCUT2D eigenvalue weighted by molar-refractivity contribution is -0.116. The molecule has 0 spiro atoms. The highest BCUT2D eigenvalue weighted by Crippen LogP contribution is 2.21. The van der Waals surface area contributed by atoms with Gasteiger partial charge in [-0.05, 0) is 42.0 Å². The fourth-order valence-electron chi connectivity index (χ4n) is 2.11. The van der Waals surface area contributed by atoms with E-state index in [2.05, 4.69) is 26.0 Å². The van der Waals surface area contributed by atoms with Crippen LogP contribution in [0, 0.1) is 0 Å². The molecule has 128 valence electrons. The quantitative estimate of drug-likeness (QED) is 0.732. The third kappa shape index (κ3) is 6.24. The van der Waals surface area contributed by atoms with Crippen molar-refractivity contribution in [1.82, 2.24) is 4.72 Å². The Morgan fingerprint density at radius 2 is 1.71 bits per heavy atom. The molecular formula is C16H16BrClN2O3S. The van der Waals surface area contributed by atoms with Gasteiger partial charge in [0.1, 0.15) is 0 Å². The fourth-order valence-corrected chi connectivity index (χ4v) is 3.24. The summed E-state index contributed by atoms with van der Waals surface area (Å²) in [4.78, 5) is 12.3. The summed E-state index contributed by atoms with van der Waals surface area (Å²) >= 11 is 9.17. The molecule has 0 aliphatic rings. The summed E-state index contributed by atoms with van der Waals surface area (Å²) in [6, 6.07) is 13.1. The number of sulfonamides is 1. The molecule has 2 aromatic rings. The maximum absolute atomic E-state index is 12.3. The van der Waals surface area contributed by atoms with Crippen molar-refractivity contribution in [2.75, 3.05) is 11.6 Å². The molecule has 0 aliphatic heterocycles. The van der Waals surface area contributed by atoms with Crippen LogP contribution < -0.4 is 10.0 Å². The predicted octanol–water partition coefficient (Wildman–Crippen LogP) is 3.72. The molecule has 1 amide bonds. The van der Waals surface area contributed by atoms with Crippen LogP contribution in [0.5, 0.6) is 0 Å². The minimum absolute atomic E-state index is 0.0369. The van der Waals surface area contributed by atoms with Gasteiger partial charge in [-0.25, -0.2) is 13.1 Å². The molecule has 1 atom stereocenters. The molecule has 0 saturated heterocycles. The number of nitrogens with one attached hydrogen (secondary N) is 2. The van der Waals surface area contributed by atoms with Gasteiger partial charge in [-0.1, -0.05) is 39.7 Å². The van der Waals surface area contributed by atoms with Crippen molar-refractivity contribution < 1.29 is 13.2 Å². The Labute approximate surface area is 154 Å². The summed E-state index contributed by atoms with van der Waals surface area (Å²) in [5, 5.41) is 3.28. The first-order chi connectivity index (χ1) is 11.2. The smallest absolute Gasteiger partial charge is 0.226 e. The second-order valence-corrected chi connectivity index (χ2v) is 8.39. The first-order valence-corrected chi connectivity index (χ1v) is 10.1. The summed E-state index contributed by atoms with van der Waals surface area (Å²) in [7, 11) is -3.47. The Hall–Kier alpha value is -1.41. The molecule has 0 heterocycles. The van der Waals surface area contributed by atoms with E-state index in [4.69, 9.17) is 11.6 Å². The predicted molar refractivity (Wildman–Crippen MR) is 99.6 cm³/mol. The molecule has 0 fully saturated rings. The number of rotatable bonds is 6. The average Bonchev–Trinajstić information content (AvgIpc) is 2.48. The number of halogens is 2. The zero-order valence-electron chi connectivity index (χ0n) is 12.8. The molecule has 8 heteroatoms. The topological polar surface area (TPSA) is 75.3 Å². The van der Waals surface area contributed by atoms with E-state index in [1.807, 2.05) is 0 Å². The van der Waals surface area contributed by atoms with Gasteiger partial charge in [-0.2, -0.15) is 0 Å².